The summed E-state index contributed by atoms with van der Waals surface area (Å²) in [5.41, 5.74) is 0.554. The molecule has 1 fully saturated rings. The topological polar surface area (TPSA) is 55.8 Å². The molecule has 1 aliphatic heterocycles. The Bertz CT molecular complexity index is 477. The van der Waals surface area contributed by atoms with Crippen LogP contribution in [0.4, 0.5) is 10.5 Å². The minimum atomic E-state index is -0.169. The lowest BCUT2D eigenvalue weighted by molar-refractivity contribution is 0.127. The van der Waals surface area contributed by atoms with E-state index in [-0.39, 0.29) is 12.6 Å². The summed E-state index contributed by atoms with van der Waals surface area (Å²) in [5.74, 6) is 0. The fourth-order valence-corrected chi connectivity index (χ4v) is 2.56. The van der Waals surface area contributed by atoms with E-state index in [0.29, 0.717) is 35.4 Å². The Balaban J connectivity index is 1.89. The van der Waals surface area contributed by atoms with Crippen LogP contribution in [0.25, 0.3) is 0 Å². The fourth-order valence-electron chi connectivity index (χ4n) is 2.10. The summed E-state index contributed by atoms with van der Waals surface area (Å²) in [7, 11) is 0. The number of urea groups is 1. The van der Waals surface area contributed by atoms with Crippen molar-refractivity contribution in [1.82, 2.24) is 9.80 Å². The highest BCUT2D eigenvalue weighted by molar-refractivity contribution is 6.36. The number of carbonyl (C=O) groups is 1. The SMILES string of the molecule is O=C(Nc1ccc(Cl)cc1Cl)N1CCN(CCO)CC1. The molecule has 1 aromatic carbocycles. The standard InChI is InChI=1S/C13H17Cl2N3O2/c14-10-1-2-12(11(15)9-10)16-13(20)18-5-3-17(4-6-18)7-8-19/h1-2,9,19H,3-8H2,(H,16,20). The summed E-state index contributed by atoms with van der Waals surface area (Å²) in [6, 6.07) is 4.79. The number of benzene rings is 1. The summed E-state index contributed by atoms with van der Waals surface area (Å²) in [6.45, 7) is 3.60. The summed E-state index contributed by atoms with van der Waals surface area (Å²) < 4.78 is 0. The third-order valence-corrected chi connectivity index (χ3v) is 3.80. The number of piperazine rings is 1. The second-order valence-electron chi connectivity index (χ2n) is 4.61. The maximum atomic E-state index is 12.1. The minimum Gasteiger partial charge on any atom is -0.395 e. The maximum Gasteiger partial charge on any atom is 0.321 e. The van der Waals surface area contributed by atoms with Gasteiger partial charge in [-0.05, 0) is 18.2 Å². The summed E-state index contributed by atoms with van der Waals surface area (Å²) >= 11 is 11.8. The Hall–Kier alpha value is -1.01. The van der Waals surface area contributed by atoms with Gasteiger partial charge in [0.1, 0.15) is 0 Å². The van der Waals surface area contributed by atoms with Crippen LogP contribution in [0.2, 0.25) is 10.0 Å². The van der Waals surface area contributed by atoms with Gasteiger partial charge in [-0.1, -0.05) is 23.2 Å². The molecule has 1 saturated heterocycles. The number of nitrogens with one attached hydrogen (secondary N) is 1. The first-order valence-electron chi connectivity index (χ1n) is 6.44. The number of β-amino-alcohol motifs (C(OH)–C–C–N with tert-alkyl or cyclic N) is 1. The molecule has 20 heavy (non-hydrogen) atoms. The summed E-state index contributed by atoms with van der Waals surface area (Å²) in [5, 5.41) is 12.6. The normalized spacial score (nSPS) is 16.2. The van der Waals surface area contributed by atoms with Crippen molar-refractivity contribution in [2.24, 2.45) is 0 Å². The Morgan fingerprint density at radius 3 is 2.55 bits per heavy atom. The molecule has 1 heterocycles. The average molecular weight is 318 g/mol. The van der Waals surface area contributed by atoms with Gasteiger partial charge >= 0.3 is 6.03 Å². The Kier molecular flexibility index (Phi) is 5.48. The molecule has 2 N–H and O–H groups in total. The highest BCUT2D eigenvalue weighted by Gasteiger charge is 2.21. The number of nitrogens with zero attached hydrogens (tertiary/aromatic N) is 2. The van der Waals surface area contributed by atoms with Crippen LogP contribution in [0.5, 0.6) is 0 Å². The van der Waals surface area contributed by atoms with Crippen LogP contribution in [0, 0.1) is 0 Å². The van der Waals surface area contributed by atoms with Gasteiger partial charge in [0, 0.05) is 37.7 Å². The van der Waals surface area contributed by atoms with Crippen LogP contribution in [-0.2, 0) is 0 Å². The molecule has 1 aromatic rings. The van der Waals surface area contributed by atoms with Crippen LogP contribution in [0.1, 0.15) is 0 Å². The van der Waals surface area contributed by atoms with Gasteiger partial charge in [-0.15, -0.1) is 0 Å². The predicted molar refractivity (Wildman–Crippen MR) is 80.6 cm³/mol. The van der Waals surface area contributed by atoms with Gasteiger partial charge in [-0.3, -0.25) is 4.90 Å². The van der Waals surface area contributed by atoms with Crippen molar-refractivity contribution in [2.75, 3.05) is 44.6 Å². The number of anilines is 1. The van der Waals surface area contributed by atoms with Crippen molar-refractivity contribution >= 4 is 34.9 Å². The molecule has 0 atom stereocenters. The van der Waals surface area contributed by atoms with Crippen LogP contribution in [0.15, 0.2) is 18.2 Å². The third kappa shape index (κ3) is 3.99. The summed E-state index contributed by atoms with van der Waals surface area (Å²) in [6.07, 6.45) is 0. The second-order valence-corrected chi connectivity index (χ2v) is 5.45. The Labute approximate surface area is 128 Å². The van der Waals surface area contributed by atoms with Crippen LogP contribution in [-0.4, -0.2) is 60.3 Å². The Morgan fingerprint density at radius 2 is 1.95 bits per heavy atom. The molecular formula is C13H17Cl2N3O2. The quantitative estimate of drug-likeness (QED) is 0.898. The fraction of sp³-hybridized carbons (Fsp3) is 0.462. The molecule has 5 nitrogen and oxygen atoms in total. The van der Waals surface area contributed by atoms with Gasteiger partial charge in [0.15, 0.2) is 0 Å². The molecule has 7 heteroatoms. The van der Waals surface area contributed by atoms with Gasteiger partial charge in [-0.2, -0.15) is 0 Å². The molecule has 0 spiro atoms. The zero-order valence-corrected chi connectivity index (χ0v) is 12.5. The van der Waals surface area contributed by atoms with E-state index in [9.17, 15) is 4.79 Å². The van der Waals surface area contributed by atoms with E-state index in [0.717, 1.165) is 13.1 Å². The third-order valence-electron chi connectivity index (χ3n) is 3.25. The average Bonchev–Trinajstić information content (AvgIpc) is 2.43. The van der Waals surface area contributed by atoms with E-state index in [1.165, 1.54) is 0 Å². The molecule has 1 aliphatic rings. The molecule has 0 bridgehead atoms. The van der Waals surface area contributed by atoms with Gasteiger partial charge in [0.2, 0.25) is 0 Å². The smallest absolute Gasteiger partial charge is 0.321 e. The molecule has 2 amide bonds. The lowest BCUT2D eigenvalue weighted by Gasteiger charge is -2.34. The first-order valence-corrected chi connectivity index (χ1v) is 7.20. The van der Waals surface area contributed by atoms with Crippen LogP contribution < -0.4 is 5.32 Å². The van der Waals surface area contributed by atoms with Crippen molar-refractivity contribution in [3.05, 3.63) is 28.2 Å². The first kappa shape index (κ1) is 15.4. The van der Waals surface area contributed by atoms with Crippen molar-refractivity contribution in [3.8, 4) is 0 Å². The predicted octanol–water partition coefficient (Wildman–Crippen LogP) is 2.14. The molecule has 0 saturated carbocycles. The highest BCUT2D eigenvalue weighted by atomic mass is 35.5. The van der Waals surface area contributed by atoms with E-state index >= 15 is 0 Å². The van der Waals surface area contributed by atoms with Gasteiger partial charge in [0.25, 0.3) is 0 Å². The van der Waals surface area contributed by atoms with Crippen LogP contribution in [0.3, 0.4) is 0 Å². The molecule has 2 rings (SSSR count). The molecule has 0 unspecified atom stereocenters. The molecule has 0 aromatic heterocycles. The molecule has 0 aliphatic carbocycles. The van der Waals surface area contributed by atoms with Gasteiger partial charge < -0.3 is 15.3 Å². The maximum absolute atomic E-state index is 12.1. The van der Waals surface area contributed by atoms with Crippen LogP contribution >= 0.6 is 23.2 Å². The van der Waals surface area contributed by atoms with Crippen molar-refractivity contribution in [2.45, 2.75) is 0 Å². The lowest BCUT2D eigenvalue weighted by Crippen LogP contribution is -2.50. The molecule has 110 valence electrons. The largest absolute Gasteiger partial charge is 0.395 e. The van der Waals surface area contributed by atoms with E-state index in [1.807, 2.05) is 0 Å². The second kappa shape index (κ2) is 7.13. The van der Waals surface area contributed by atoms with E-state index in [1.54, 1.807) is 23.1 Å². The highest BCUT2D eigenvalue weighted by Crippen LogP contribution is 2.25. The lowest BCUT2D eigenvalue weighted by atomic mass is 10.3. The zero-order valence-electron chi connectivity index (χ0n) is 11.0. The van der Waals surface area contributed by atoms with Crippen molar-refractivity contribution in [3.63, 3.8) is 0 Å². The number of hydrogen-bond acceptors (Lipinski definition) is 3. The van der Waals surface area contributed by atoms with Crippen molar-refractivity contribution < 1.29 is 9.90 Å². The number of aliphatic hydroxyl groups is 1. The number of rotatable bonds is 3. The number of amides is 2. The number of carbonyl (C=O) groups excluding carboxylic acids is 1. The van der Waals surface area contributed by atoms with E-state index < -0.39 is 0 Å². The van der Waals surface area contributed by atoms with Gasteiger partial charge in [-0.25, -0.2) is 4.79 Å². The number of aliphatic hydroxyl groups excluding tert-OH is 1. The molecular weight excluding hydrogens is 301 g/mol. The minimum absolute atomic E-state index is 0.145. The van der Waals surface area contributed by atoms with E-state index in [4.69, 9.17) is 28.3 Å². The van der Waals surface area contributed by atoms with E-state index in [2.05, 4.69) is 10.2 Å². The number of hydrogen-bond donors (Lipinski definition) is 2. The monoisotopic (exact) mass is 317 g/mol. The van der Waals surface area contributed by atoms with Gasteiger partial charge in [0.05, 0.1) is 17.3 Å². The number of halogens is 2. The molecule has 0 radical (unpaired) electrons. The zero-order chi connectivity index (χ0) is 14.5. The van der Waals surface area contributed by atoms with Crippen molar-refractivity contribution in [1.29, 1.82) is 0 Å². The first-order chi connectivity index (χ1) is 9.60. The Morgan fingerprint density at radius 1 is 1.25 bits per heavy atom. The summed E-state index contributed by atoms with van der Waals surface area (Å²) in [4.78, 5) is 16.0.